The molecule has 1 N–H and O–H groups in total. The van der Waals surface area contributed by atoms with Gasteiger partial charge < -0.3 is 4.74 Å². The number of hydrogen-bond donors (Lipinski definition) is 1. The molecule has 2 aromatic rings. The van der Waals surface area contributed by atoms with Crippen molar-refractivity contribution in [2.45, 2.75) is 31.8 Å². The molecule has 0 bridgehead atoms. The van der Waals surface area contributed by atoms with Crippen LogP contribution in [0, 0.1) is 5.92 Å². The molecule has 1 aliphatic heterocycles. The SMILES string of the molecule is CC(C)Cc1ccc(S(=O)(=O)Nc2ccc3c(c2)COC3=O)cc1. The number of ether oxygens (including phenoxy) is 1. The first kappa shape index (κ1) is 16.5. The van der Waals surface area contributed by atoms with Gasteiger partial charge >= 0.3 is 5.97 Å². The largest absolute Gasteiger partial charge is 0.457 e. The summed E-state index contributed by atoms with van der Waals surface area (Å²) in [6.45, 7) is 4.41. The summed E-state index contributed by atoms with van der Waals surface area (Å²) in [5.74, 6) is 0.141. The van der Waals surface area contributed by atoms with Gasteiger partial charge in [-0.3, -0.25) is 4.72 Å². The van der Waals surface area contributed by atoms with Crippen LogP contribution >= 0.6 is 0 Å². The summed E-state index contributed by atoms with van der Waals surface area (Å²) in [6.07, 6.45) is 0.909. The van der Waals surface area contributed by atoms with Crippen molar-refractivity contribution in [3.05, 3.63) is 59.2 Å². The normalized spacial score (nSPS) is 13.7. The van der Waals surface area contributed by atoms with Crippen molar-refractivity contribution in [2.75, 3.05) is 4.72 Å². The van der Waals surface area contributed by atoms with Crippen molar-refractivity contribution in [1.29, 1.82) is 0 Å². The van der Waals surface area contributed by atoms with Crippen molar-refractivity contribution in [3.8, 4) is 0 Å². The molecule has 0 saturated carbocycles. The second-order valence-electron chi connectivity index (χ2n) is 6.30. The molecular weight excluding hydrogens is 326 g/mol. The highest BCUT2D eigenvalue weighted by atomic mass is 32.2. The van der Waals surface area contributed by atoms with Crippen molar-refractivity contribution >= 4 is 21.7 Å². The fourth-order valence-corrected chi connectivity index (χ4v) is 3.74. The molecule has 0 fully saturated rings. The van der Waals surface area contributed by atoms with E-state index in [0.29, 0.717) is 22.7 Å². The van der Waals surface area contributed by atoms with Gasteiger partial charge in [-0.25, -0.2) is 13.2 Å². The Morgan fingerprint density at radius 2 is 1.83 bits per heavy atom. The van der Waals surface area contributed by atoms with E-state index in [2.05, 4.69) is 18.6 Å². The number of sulfonamides is 1. The maximum Gasteiger partial charge on any atom is 0.338 e. The average Bonchev–Trinajstić information content (AvgIpc) is 2.87. The molecule has 0 radical (unpaired) electrons. The fraction of sp³-hybridized carbons (Fsp3) is 0.278. The molecule has 6 heteroatoms. The number of benzene rings is 2. The fourth-order valence-electron chi connectivity index (χ4n) is 2.69. The lowest BCUT2D eigenvalue weighted by molar-refractivity contribution is 0.0535. The molecule has 24 heavy (non-hydrogen) atoms. The Kier molecular flexibility index (Phi) is 4.32. The van der Waals surface area contributed by atoms with Crippen LogP contribution in [0.3, 0.4) is 0 Å². The minimum absolute atomic E-state index is 0.174. The quantitative estimate of drug-likeness (QED) is 0.844. The molecule has 0 saturated heterocycles. The van der Waals surface area contributed by atoms with E-state index in [1.807, 2.05) is 12.1 Å². The molecule has 2 aromatic carbocycles. The van der Waals surface area contributed by atoms with Crippen molar-refractivity contribution in [1.82, 2.24) is 0 Å². The van der Waals surface area contributed by atoms with E-state index in [0.717, 1.165) is 12.0 Å². The molecule has 0 aliphatic carbocycles. The van der Waals surface area contributed by atoms with Crippen molar-refractivity contribution in [2.24, 2.45) is 5.92 Å². The predicted molar refractivity (Wildman–Crippen MR) is 91.4 cm³/mol. The molecule has 126 valence electrons. The minimum atomic E-state index is -3.67. The van der Waals surface area contributed by atoms with E-state index in [9.17, 15) is 13.2 Å². The Morgan fingerprint density at radius 3 is 2.50 bits per heavy atom. The van der Waals surface area contributed by atoms with Crippen LogP contribution in [0.5, 0.6) is 0 Å². The van der Waals surface area contributed by atoms with Gasteiger partial charge in [0.15, 0.2) is 0 Å². The summed E-state index contributed by atoms with van der Waals surface area (Å²) in [6, 6.07) is 11.7. The predicted octanol–water partition coefficient (Wildman–Crippen LogP) is 3.36. The Morgan fingerprint density at radius 1 is 1.12 bits per heavy atom. The number of rotatable bonds is 5. The molecule has 0 amide bonds. The molecule has 5 nitrogen and oxygen atoms in total. The zero-order valence-corrected chi connectivity index (χ0v) is 14.4. The lowest BCUT2D eigenvalue weighted by Crippen LogP contribution is -2.13. The van der Waals surface area contributed by atoms with Gasteiger partial charge in [-0.15, -0.1) is 0 Å². The van der Waals surface area contributed by atoms with Gasteiger partial charge in [0, 0.05) is 11.3 Å². The van der Waals surface area contributed by atoms with Crippen LogP contribution in [0.1, 0.15) is 35.3 Å². The summed E-state index contributed by atoms with van der Waals surface area (Å²) in [5.41, 5.74) is 2.69. The van der Waals surface area contributed by atoms with Crippen LogP contribution in [0.15, 0.2) is 47.4 Å². The smallest absolute Gasteiger partial charge is 0.338 e. The van der Waals surface area contributed by atoms with Crippen LogP contribution in [-0.2, 0) is 27.8 Å². The molecule has 0 unspecified atom stereocenters. The van der Waals surface area contributed by atoms with E-state index in [4.69, 9.17) is 4.74 Å². The Balaban J connectivity index is 1.80. The zero-order valence-electron chi connectivity index (χ0n) is 13.6. The number of nitrogens with one attached hydrogen (secondary N) is 1. The first-order valence-electron chi connectivity index (χ1n) is 7.77. The number of cyclic esters (lactones) is 1. The molecule has 1 aliphatic rings. The number of carbonyl (C=O) groups is 1. The standard InChI is InChI=1S/C18H19NO4S/c1-12(2)9-13-3-6-16(7-4-13)24(21,22)19-15-5-8-17-14(10-15)11-23-18(17)20/h3-8,10,12,19H,9,11H2,1-2H3. The maximum atomic E-state index is 12.5. The third kappa shape index (κ3) is 3.43. The van der Waals surface area contributed by atoms with Crippen LogP contribution in [0.4, 0.5) is 5.69 Å². The first-order chi connectivity index (χ1) is 11.3. The van der Waals surface area contributed by atoms with E-state index in [1.165, 1.54) is 0 Å². The molecule has 0 aromatic heterocycles. The second kappa shape index (κ2) is 6.28. The van der Waals surface area contributed by atoms with Gasteiger partial charge in [0.05, 0.1) is 10.5 Å². The summed E-state index contributed by atoms with van der Waals surface area (Å²) in [7, 11) is -3.67. The third-order valence-corrected chi connectivity index (χ3v) is 5.21. The Hall–Kier alpha value is -2.34. The topological polar surface area (TPSA) is 72.5 Å². The van der Waals surface area contributed by atoms with Gasteiger partial charge in [0.25, 0.3) is 10.0 Å². The van der Waals surface area contributed by atoms with Gasteiger partial charge in [0.1, 0.15) is 6.61 Å². The molecule has 0 atom stereocenters. The number of hydrogen-bond acceptors (Lipinski definition) is 4. The monoisotopic (exact) mass is 345 g/mol. The lowest BCUT2D eigenvalue weighted by Gasteiger charge is -2.10. The maximum absolute atomic E-state index is 12.5. The average molecular weight is 345 g/mol. The van der Waals surface area contributed by atoms with Gasteiger partial charge in [-0.05, 0) is 48.2 Å². The second-order valence-corrected chi connectivity index (χ2v) is 7.98. The lowest BCUT2D eigenvalue weighted by atomic mass is 10.0. The third-order valence-electron chi connectivity index (χ3n) is 3.81. The van der Waals surface area contributed by atoms with Crippen molar-refractivity contribution < 1.29 is 17.9 Å². The summed E-state index contributed by atoms with van der Waals surface area (Å²) in [5, 5.41) is 0. The highest BCUT2D eigenvalue weighted by Gasteiger charge is 2.22. The summed E-state index contributed by atoms with van der Waals surface area (Å²) in [4.78, 5) is 11.6. The Labute approximate surface area is 141 Å². The molecular formula is C18H19NO4S. The Bertz CT molecular complexity index is 870. The molecule has 1 heterocycles. The highest BCUT2D eigenvalue weighted by Crippen LogP contribution is 2.25. The van der Waals surface area contributed by atoms with Gasteiger partial charge in [-0.2, -0.15) is 0 Å². The van der Waals surface area contributed by atoms with Crippen molar-refractivity contribution in [3.63, 3.8) is 0 Å². The molecule has 0 spiro atoms. The van der Waals surface area contributed by atoms with Gasteiger partial charge in [-0.1, -0.05) is 26.0 Å². The number of esters is 1. The van der Waals surface area contributed by atoms with Crippen LogP contribution in [-0.4, -0.2) is 14.4 Å². The number of carbonyl (C=O) groups excluding carboxylic acids is 1. The highest BCUT2D eigenvalue weighted by molar-refractivity contribution is 7.92. The number of fused-ring (bicyclic) bond motifs is 1. The zero-order chi connectivity index (χ0) is 17.3. The molecule has 3 rings (SSSR count). The first-order valence-corrected chi connectivity index (χ1v) is 9.25. The van der Waals surface area contributed by atoms with Crippen LogP contribution in [0.25, 0.3) is 0 Å². The van der Waals surface area contributed by atoms with E-state index >= 15 is 0 Å². The van der Waals surface area contributed by atoms with E-state index in [-0.39, 0.29) is 17.5 Å². The van der Waals surface area contributed by atoms with E-state index in [1.54, 1.807) is 30.3 Å². The number of anilines is 1. The van der Waals surface area contributed by atoms with Crippen LogP contribution in [0.2, 0.25) is 0 Å². The minimum Gasteiger partial charge on any atom is -0.457 e. The summed E-state index contributed by atoms with van der Waals surface area (Å²) < 4.78 is 32.4. The van der Waals surface area contributed by atoms with E-state index < -0.39 is 10.0 Å². The van der Waals surface area contributed by atoms with Crippen LogP contribution < -0.4 is 4.72 Å². The van der Waals surface area contributed by atoms with Gasteiger partial charge in [0.2, 0.25) is 0 Å². The summed E-state index contributed by atoms with van der Waals surface area (Å²) >= 11 is 0.